The lowest BCUT2D eigenvalue weighted by Crippen LogP contribution is -2.21. The fraction of sp³-hybridized carbons (Fsp3) is 0.438. The Morgan fingerprint density at radius 2 is 2.09 bits per heavy atom. The van der Waals surface area contributed by atoms with Crippen molar-refractivity contribution in [2.24, 2.45) is 0 Å². The Kier molecular flexibility index (Phi) is 4.68. The van der Waals surface area contributed by atoms with E-state index in [1.807, 2.05) is 18.3 Å². The Bertz CT molecular complexity index is 599. The quantitative estimate of drug-likeness (QED) is 0.883. The van der Waals surface area contributed by atoms with Gasteiger partial charge in [0.2, 0.25) is 5.88 Å². The van der Waals surface area contributed by atoms with Gasteiger partial charge in [-0.1, -0.05) is 12.5 Å². The van der Waals surface area contributed by atoms with Crippen LogP contribution >= 0.6 is 0 Å². The first kappa shape index (κ1) is 14.6. The standard InChI is InChI=1S/C16H21N5O/c17-14-15(19-10-12-5-4-8-18-9-12)20-11-21-16(14)22-13-6-2-1-3-7-13/h4-5,8-9,11,13H,1-3,6-7,10,17H2,(H,19,20,21). The number of nitrogens with zero attached hydrogens (tertiary/aromatic N) is 3. The molecule has 0 radical (unpaired) electrons. The van der Waals surface area contributed by atoms with Crippen molar-refractivity contribution in [2.45, 2.75) is 44.8 Å². The highest BCUT2D eigenvalue weighted by Gasteiger charge is 2.18. The summed E-state index contributed by atoms with van der Waals surface area (Å²) in [5, 5.41) is 3.21. The van der Waals surface area contributed by atoms with Crippen molar-refractivity contribution >= 4 is 11.5 Å². The van der Waals surface area contributed by atoms with E-state index in [0.29, 0.717) is 23.9 Å². The zero-order chi connectivity index (χ0) is 15.2. The van der Waals surface area contributed by atoms with Gasteiger partial charge in [0.25, 0.3) is 0 Å². The third kappa shape index (κ3) is 3.63. The van der Waals surface area contributed by atoms with Gasteiger partial charge in [0.05, 0.1) is 0 Å². The van der Waals surface area contributed by atoms with Crippen LogP contribution in [0.4, 0.5) is 11.5 Å². The minimum absolute atomic E-state index is 0.220. The number of nitrogens with two attached hydrogens (primary N) is 1. The molecule has 3 rings (SSSR count). The van der Waals surface area contributed by atoms with Crippen LogP contribution in [-0.2, 0) is 6.54 Å². The zero-order valence-electron chi connectivity index (χ0n) is 12.5. The Labute approximate surface area is 130 Å². The fourth-order valence-corrected chi connectivity index (χ4v) is 2.64. The van der Waals surface area contributed by atoms with Crippen LogP contribution in [0.2, 0.25) is 0 Å². The average molecular weight is 299 g/mol. The SMILES string of the molecule is Nc1c(NCc2cccnc2)ncnc1OC1CCCCC1. The highest BCUT2D eigenvalue weighted by Crippen LogP contribution is 2.29. The van der Waals surface area contributed by atoms with Gasteiger partial charge in [0, 0.05) is 18.9 Å². The predicted molar refractivity (Wildman–Crippen MR) is 85.5 cm³/mol. The van der Waals surface area contributed by atoms with Crippen LogP contribution in [-0.4, -0.2) is 21.1 Å². The Hall–Kier alpha value is -2.37. The number of nitrogens with one attached hydrogen (secondary N) is 1. The first-order valence-corrected chi connectivity index (χ1v) is 7.73. The van der Waals surface area contributed by atoms with Gasteiger partial charge in [0.15, 0.2) is 5.82 Å². The van der Waals surface area contributed by atoms with E-state index in [9.17, 15) is 0 Å². The third-order valence-electron chi connectivity index (χ3n) is 3.86. The lowest BCUT2D eigenvalue weighted by Gasteiger charge is -2.23. The fourth-order valence-electron chi connectivity index (χ4n) is 2.64. The van der Waals surface area contributed by atoms with Crippen molar-refractivity contribution in [3.8, 4) is 5.88 Å². The molecule has 1 aliphatic carbocycles. The van der Waals surface area contributed by atoms with Crippen LogP contribution < -0.4 is 15.8 Å². The summed E-state index contributed by atoms with van der Waals surface area (Å²) in [5.74, 6) is 1.08. The van der Waals surface area contributed by atoms with Crippen molar-refractivity contribution < 1.29 is 4.74 Å². The molecule has 0 atom stereocenters. The van der Waals surface area contributed by atoms with E-state index in [1.54, 1.807) is 6.20 Å². The van der Waals surface area contributed by atoms with Gasteiger partial charge in [-0.25, -0.2) is 4.98 Å². The van der Waals surface area contributed by atoms with Crippen molar-refractivity contribution in [3.63, 3.8) is 0 Å². The molecule has 0 aliphatic heterocycles. The first-order chi connectivity index (χ1) is 10.8. The molecule has 0 saturated heterocycles. The number of ether oxygens (including phenoxy) is 1. The number of hydrogen-bond donors (Lipinski definition) is 2. The number of anilines is 2. The Morgan fingerprint density at radius 1 is 1.23 bits per heavy atom. The van der Waals surface area contributed by atoms with E-state index in [0.717, 1.165) is 18.4 Å². The second-order valence-corrected chi connectivity index (χ2v) is 5.53. The predicted octanol–water partition coefficient (Wildman–Crippen LogP) is 2.78. The molecule has 116 valence electrons. The van der Waals surface area contributed by atoms with Crippen molar-refractivity contribution in [3.05, 3.63) is 36.4 Å². The van der Waals surface area contributed by atoms with E-state index < -0.39 is 0 Å². The molecular formula is C16H21N5O. The molecule has 3 N–H and O–H groups in total. The molecule has 2 heterocycles. The van der Waals surface area contributed by atoms with Crippen LogP contribution in [0.3, 0.4) is 0 Å². The summed E-state index contributed by atoms with van der Waals surface area (Å²) in [4.78, 5) is 12.5. The molecule has 6 nitrogen and oxygen atoms in total. The van der Waals surface area contributed by atoms with Crippen LogP contribution in [0.5, 0.6) is 5.88 Å². The normalized spacial score (nSPS) is 15.5. The van der Waals surface area contributed by atoms with E-state index in [4.69, 9.17) is 10.5 Å². The maximum atomic E-state index is 6.14. The van der Waals surface area contributed by atoms with E-state index in [-0.39, 0.29) is 6.10 Å². The van der Waals surface area contributed by atoms with Gasteiger partial charge in [0.1, 0.15) is 18.1 Å². The number of rotatable bonds is 5. The molecule has 1 aliphatic rings. The zero-order valence-corrected chi connectivity index (χ0v) is 12.5. The lowest BCUT2D eigenvalue weighted by atomic mass is 9.98. The molecule has 0 aromatic carbocycles. The first-order valence-electron chi connectivity index (χ1n) is 7.73. The summed E-state index contributed by atoms with van der Waals surface area (Å²) in [5.41, 5.74) is 7.67. The van der Waals surface area contributed by atoms with E-state index in [1.165, 1.54) is 25.6 Å². The molecule has 1 saturated carbocycles. The largest absolute Gasteiger partial charge is 0.473 e. The maximum absolute atomic E-state index is 6.14. The monoisotopic (exact) mass is 299 g/mol. The van der Waals surface area contributed by atoms with Crippen molar-refractivity contribution in [1.29, 1.82) is 0 Å². The molecule has 1 fully saturated rings. The third-order valence-corrected chi connectivity index (χ3v) is 3.86. The minimum Gasteiger partial charge on any atom is -0.473 e. The van der Waals surface area contributed by atoms with Gasteiger partial charge in [-0.3, -0.25) is 4.98 Å². The van der Waals surface area contributed by atoms with Crippen LogP contribution in [0.1, 0.15) is 37.7 Å². The van der Waals surface area contributed by atoms with Gasteiger partial charge in [-0.2, -0.15) is 4.98 Å². The van der Waals surface area contributed by atoms with Crippen molar-refractivity contribution in [1.82, 2.24) is 15.0 Å². The number of nitrogen functional groups attached to an aromatic ring is 1. The van der Waals surface area contributed by atoms with Crippen LogP contribution in [0.15, 0.2) is 30.9 Å². The summed E-state index contributed by atoms with van der Waals surface area (Å²) in [6.45, 7) is 0.609. The van der Waals surface area contributed by atoms with Crippen molar-refractivity contribution in [2.75, 3.05) is 11.1 Å². The topological polar surface area (TPSA) is 86.0 Å². The average Bonchev–Trinajstić information content (AvgIpc) is 2.58. The lowest BCUT2D eigenvalue weighted by molar-refractivity contribution is 0.149. The molecule has 0 amide bonds. The van der Waals surface area contributed by atoms with Gasteiger partial charge >= 0.3 is 0 Å². The van der Waals surface area contributed by atoms with Gasteiger partial charge in [-0.15, -0.1) is 0 Å². The highest BCUT2D eigenvalue weighted by molar-refractivity contribution is 5.66. The van der Waals surface area contributed by atoms with Gasteiger partial charge < -0.3 is 15.8 Å². The molecule has 6 heteroatoms. The van der Waals surface area contributed by atoms with Gasteiger partial charge in [-0.05, 0) is 37.3 Å². The molecule has 2 aromatic rings. The minimum atomic E-state index is 0.220. The summed E-state index contributed by atoms with van der Waals surface area (Å²) in [6.07, 6.45) is 11.1. The number of pyridine rings is 1. The molecule has 22 heavy (non-hydrogen) atoms. The van der Waals surface area contributed by atoms with Crippen LogP contribution in [0.25, 0.3) is 0 Å². The van der Waals surface area contributed by atoms with E-state index >= 15 is 0 Å². The Balaban J connectivity index is 1.66. The summed E-state index contributed by atoms with van der Waals surface area (Å²) < 4.78 is 5.95. The Morgan fingerprint density at radius 3 is 2.86 bits per heavy atom. The second kappa shape index (κ2) is 7.06. The second-order valence-electron chi connectivity index (χ2n) is 5.53. The smallest absolute Gasteiger partial charge is 0.242 e. The van der Waals surface area contributed by atoms with Crippen LogP contribution in [0, 0.1) is 0 Å². The highest BCUT2D eigenvalue weighted by atomic mass is 16.5. The summed E-state index contributed by atoms with van der Waals surface area (Å²) in [6, 6.07) is 3.90. The molecule has 0 bridgehead atoms. The molecule has 0 spiro atoms. The number of aromatic nitrogens is 3. The molecular weight excluding hydrogens is 278 g/mol. The maximum Gasteiger partial charge on any atom is 0.242 e. The molecule has 0 unspecified atom stereocenters. The summed E-state index contributed by atoms with van der Waals surface area (Å²) >= 11 is 0. The number of hydrogen-bond acceptors (Lipinski definition) is 6. The summed E-state index contributed by atoms with van der Waals surface area (Å²) in [7, 11) is 0. The molecule has 2 aromatic heterocycles. The van der Waals surface area contributed by atoms with E-state index in [2.05, 4.69) is 20.3 Å².